The third-order valence-corrected chi connectivity index (χ3v) is 2.24. The zero-order valence-corrected chi connectivity index (χ0v) is 10.9. The summed E-state index contributed by atoms with van der Waals surface area (Å²) in [5, 5.41) is 9.22. The number of pyridine rings is 1. The molecule has 0 amide bonds. The summed E-state index contributed by atoms with van der Waals surface area (Å²) in [6.07, 6.45) is -11.6. The van der Waals surface area contributed by atoms with Crippen LogP contribution in [0.25, 0.3) is 0 Å². The number of alkyl halides is 6. The fourth-order valence-corrected chi connectivity index (χ4v) is 1.56. The summed E-state index contributed by atoms with van der Waals surface area (Å²) >= 11 is 0. The number of ether oxygens (including phenoxy) is 2. The first kappa shape index (κ1) is 17.9. The van der Waals surface area contributed by atoms with E-state index in [0.29, 0.717) is 0 Å². The molecule has 0 unspecified atom stereocenters. The van der Waals surface area contributed by atoms with E-state index in [1.165, 1.54) is 6.92 Å². The van der Waals surface area contributed by atoms with Gasteiger partial charge in [0.1, 0.15) is 11.3 Å². The molecule has 1 aromatic heterocycles. The SMILES string of the molecule is CCOC(=O)Cc1c(OC(F)(F)F)ncc(O)c1C(F)(F)F. The van der Waals surface area contributed by atoms with Crippen molar-refractivity contribution in [1.82, 2.24) is 4.98 Å². The van der Waals surface area contributed by atoms with Crippen LogP contribution in [-0.4, -0.2) is 29.0 Å². The molecule has 0 spiro atoms. The molecule has 0 aliphatic rings. The molecule has 22 heavy (non-hydrogen) atoms. The molecule has 0 aliphatic carbocycles. The van der Waals surface area contributed by atoms with Crippen molar-refractivity contribution in [1.29, 1.82) is 0 Å². The van der Waals surface area contributed by atoms with Gasteiger partial charge in [0.05, 0.1) is 19.2 Å². The predicted molar refractivity (Wildman–Crippen MR) is 57.9 cm³/mol. The number of carbonyl (C=O) groups is 1. The molecule has 0 saturated heterocycles. The zero-order chi connectivity index (χ0) is 17.1. The molecule has 5 nitrogen and oxygen atoms in total. The fraction of sp³-hybridized carbons (Fsp3) is 0.455. The summed E-state index contributed by atoms with van der Waals surface area (Å²) in [6.45, 7) is 1.16. The maximum atomic E-state index is 12.9. The Morgan fingerprint density at radius 3 is 2.32 bits per heavy atom. The summed E-state index contributed by atoms with van der Waals surface area (Å²) in [5.74, 6) is -4.14. The van der Waals surface area contributed by atoms with E-state index >= 15 is 0 Å². The Balaban J connectivity index is 3.42. The van der Waals surface area contributed by atoms with Crippen LogP contribution in [0.4, 0.5) is 26.3 Å². The summed E-state index contributed by atoms with van der Waals surface area (Å²) in [5.41, 5.74) is -3.10. The van der Waals surface area contributed by atoms with Crippen LogP contribution in [0.15, 0.2) is 6.20 Å². The number of halogens is 6. The summed E-state index contributed by atoms with van der Waals surface area (Å²) < 4.78 is 83.0. The van der Waals surface area contributed by atoms with Crippen LogP contribution in [-0.2, 0) is 22.1 Å². The first-order valence-electron chi connectivity index (χ1n) is 5.65. The molecule has 0 radical (unpaired) electrons. The quantitative estimate of drug-likeness (QED) is 0.678. The predicted octanol–water partition coefficient (Wildman–Crippen LogP) is 2.81. The van der Waals surface area contributed by atoms with E-state index in [1.54, 1.807) is 0 Å². The lowest BCUT2D eigenvalue weighted by Crippen LogP contribution is -2.22. The molecule has 0 bridgehead atoms. The van der Waals surface area contributed by atoms with Crippen molar-refractivity contribution >= 4 is 5.97 Å². The van der Waals surface area contributed by atoms with E-state index in [-0.39, 0.29) is 12.8 Å². The van der Waals surface area contributed by atoms with Gasteiger partial charge in [-0.3, -0.25) is 4.79 Å². The third-order valence-electron chi connectivity index (χ3n) is 2.24. The molecule has 1 rings (SSSR count). The molecule has 0 fully saturated rings. The third kappa shape index (κ3) is 4.67. The number of hydrogen-bond acceptors (Lipinski definition) is 5. The van der Waals surface area contributed by atoms with E-state index in [4.69, 9.17) is 0 Å². The van der Waals surface area contributed by atoms with Crippen LogP contribution in [0, 0.1) is 0 Å². The number of hydrogen-bond donors (Lipinski definition) is 1. The average Bonchev–Trinajstić information content (AvgIpc) is 2.29. The highest BCUT2D eigenvalue weighted by Gasteiger charge is 2.41. The van der Waals surface area contributed by atoms with Gasteiger partial charge in [0.15, 0.2) is 0 Å². The summed E-state index contributed by atoms with van der Waals surface area (Å²) in [6, 6.07) is 0. The second-order valence-corrected chi connectivity index (χ2v) is 3.83. The number of rotatable bonds is 4. The van der Waals surface area contributed by atoms with Crippen LogP contribution in [0.1, 0.15) is 18.1 Å². The van der Waals surface area contributed by atoms with Crippen molar-refractivity contribution in [2.75, 3.05) is 6.61 Å². The highest BCUT2D eigenvalue weighted by Crippen LogP contribution is 2.42. The van der Waals surface area contributed by atoms with Gasteiger partial charge in [0.2, 0.25) is 5.88 Å². The normalized spacial score (nSPS) is 12.1. The molecule has 0 saturated carbocycles. The van der Waals surface area contributed by atoms with E-state index < -0.39 is 47.7 Å². The number of aromatic hydroxyl groups is 1. The second kappa shape index (κ2) is 6.28. The molecule has 124 valence electrons. The van der Waals surface area contributed by atoms with Gasteiger partial charge in [-0.05, 0) is 6.92 Å². The minimum atomic E-state index is -5.32. The molecule has 1 aromatic rings. The highest BCUT2D eigenvalue weighted by atomic mass is 19.4. The Labute approximate surface area is 119 Å². The van der Waals surface area contributed by atoms with Crippen molar-refractivity contribution in [3.63, 3.8) is 0 Å². The maximum absolute atomic E-state index is 12.9. The monoisotopic (exact) mass is 333 g/mol. The van der Waals surface area contributed by atoms with Crippen LogP contribution >= 0.6 is 0 Å². The summed E-state index contributed by atoms with van der Waals surface area (Å²) in [7, 11) is 0. The van der Waals surface area contributed by atoms with Crippen molar-refractivity contribution in [3.05, 3.63) is 17.3 Å². The number of esters is 1. The van der Waals surface area contributed by atoms with Crippen LogP contribution in [0.2, 0.25) is 0 Å². The van der Waals surface area contributed by atoms with Crippen molar-refractivity contribution in [3.8, 4) is 11.6 Å². The van der Waals surface area contributed by atoms with Gasteiger partial charge in [-0.2, -0.15) is 13.2 Å². The van der Waals surface area contributed by atoms with E-state index in [1.807, 2.05) is 0 Å². The molecular formula is C11H9F6NO4. The van der Waals surface area contributed by atoms with Crippen molar-refractivity contribution in [2.45, 2.75) is 25.9 Å². The zero-order valence-electron chi connectivity index (χ0n) is 10.9. The van der Waals surface area contributed by atoms with Gasteiger partial charge in [-0.15, -0.1) is 13.2 Å². The number of aromatic nitrogens is 1. The van der Waals surface area contributed by atoms with Gasteiger partial charge < -0.3 is 14.6 Å². The Morgan fingerprint density at radius 2 is 1.86 bits per heavy atom. The lowest BCUT2D eigenvalue weighted by Gasteiger charge is -2.17. The smallest absolute Gasteiger partial charge is 0.506 e. The first-order chi connectivity index (χ1) is 9.95. The van der Waals surface area contributed by atoms with Crippen molar-refractivity contribution in [2.24, 2.45) is 0 Å². The minimum Gasteiger partial charge on any atom is -0.506 e. The largest absolute Gasteiger partial charge is 0.574 e. The van der Waals surface area contributed by atoms with E-state index in [9.17, 15) is 36.2 Å². The maximum Gasteiger partial charge on any atom is 0.574 e. The number of carbonyl (C=O) groups excluding carboxylic acids is 1. The lowest BCUT2D eigenvalue weighted by molar-refractivity contribution is -0.276. The molecule has 11 heteroatoms. The van der Waals surface area contributed by atoms with Gasteiger partial charge in [-0.25, -0.2) is 4.98 Å². The van der Waals surface area contributed by atoms with Gasteiger partial charge >= 0.3 is 18.5 Å². The molecule has 0 aliphatic heterocycles. The minimum absolute atomic E-state index is 0.151. The van der Waals surface area contributed by atoms with Gasteiger partial charge in [-0.1, -0.05) is 0 Å². The van der Waals surface area contributed by atoms with Crippen LogP contribution in [0.5, 0.6) is 11.6 Å². The Kier molecular flexibility index (Phi) is 5.09. The van der Waals surface area contributed by atoms with E-state index in [2.05, 4.69) is 14.5 Å². The van der Waals surface area contributed by atoms with Crippen LogP contribution < -0.4 is 4.74 Å². The van der Waals surface area contributed by atoms with Crippen molar-refractivity contribution < 1.29 is 45.7 Å². The highest BCUT2D eigenvalue weighted by molar-refractivity contribution is 5.74. The summed E-state index contributed by atoms with van der Waals surface area (Å²) in [4.78, 5) is 14.2. The Morgan fingerprint density at radius 1 is 1.27 bits per heavy atom. The molecule has 1 N–H and O–H groups in total. The Bertz CT molecular complexity index is 555. The van der Waals surface area contributed by atoms with Crippen LogP contribution in [0.3, 0.4) is 0 Å². The number of nitrogens with zero attached hydrogens (tertiary/aromatic N) is 1. The van der Waals surface area contributed by atoms with E-state index in [0.717, 1.165) is 0 Å². The molecule has 1 heterocycles. The van der Waals surface area contributed by atoms with Gasteiger partial charge in [0, 0.05) is 5.56 Å². The average molecular weight is 333 g/mol. The fourth-order valence-electron chi connectivity index (χ4n) is 1.56. The standard InChI is InChI=1S/C11H9F6NO4/c1-2-21-7(20)3-5-8(10(12,13)14)6(19)4-18-9(5)22-11(15,16)17/h4,19H,2-3H2,1H3. The second-order valence-electron chi connectivity index (χ2n) is 3.83. The lowest BCUT2D eigenvalue weighted by atomic mass is 10.1. The first-order valence-corrected chi connectivity index (χ1v) is 5.65. The molecular weight excluding hydrogens is 324 g/mol. The van der Waals surface area contributed by atoms with Gasteiger partial charge in [0.25, 0.3) is 0 Å². The molecule has 0 aromatic carbocycles. The molecule has 0 atom stereocenters. The Hall–Kier alpha value is -2.20. The topological polar surface area (TPSA) is 68.7 Å².